The van der Waals surface area contributed by atoms with Crippen LogP contribution in [0.25, 0.3) is 0 Å². The maximum absolute atomic E-state index is 11.9. The number of hydrogen-bond acceptors (Lipinski definition) is 5. The molecule has 0 aliphatic heterocycles. The highest BCUT2D eigenvalue weighted by Crippen LogP contribution is 2.08. The van der Waals surface area contributed by atoms with Crippen LogP contribution in [0.1, 0.15) is 26.7 Å². The van der Waals surface area contributed by atoms with Gasteiger partial charge in [-0.25, -0.2) is 18.1 Å². The van der Waals surface area contributed by atoms with Crippen molar-refractivity contribution in [3.05, 3.63) is 18.3 Å². The van der Waals surface area contributed by atoms with E-state index in [-0.39, 0.29) is 4.90 Å². The molecule has 6 nitrogen and oxygen atoms in total. The van der Waals surface area contributed by atoms with Gasteiger partial charge in [-0.2, -0.15) is 0 Å². The lowest BCUT2D eigenvalue weighted by Crippen LogP contribution is -2.29. The van der Waals surface area contributed by atoms with Gasteiger partial charge in [-0.15, -0.1) is 0 Å². The molecule has 0 amide bonds. The Morgan fingerprint density at radius 2 is 2.05 bits per heavy atom. The minimum absolute atomic E-state index is 0.144. The Labute approximate surface area is 121 Å². The van der Waals surface area contributed by atoms with Crippen LogP contribution in [-0.2, 0) is 10.0 Å². The molecule has 0 atom stereocenters. The van der Waals surface area contributed by atoms with Crippen LogP contribution in [0.15, 0.2) is 23.2 Å². The number of hydrogen-bond donors (Lipinski definition) is 2. The van der Waals surface area contributed by atoms with Crippen molar-refractivity contribution in [2.24, 2.45) is 0 Å². The normalized spacial score (nSPS) is 12.2. The number of rotatable bonds is 8. The number of nitrogens with one attached hydrogen (secondary N) is 1. The molecule has 1 rings (SSSR count). The molecule has 0 unspecified atom stereocenters. The van der Waals surface area contributed by atoms with Gasteiger partial charge < -0.3 is 10.6 Å². The Bertz CT molecular complexity index is 500. The van der Waals surface area contributed by atoms with E-state index in [1.807, 2.05) is 0 Å². The summed E-state index contributed by atoms with van der Waals surface area (Å²) in [5, 5.41) is 0. The number of aromatic nitrogens is 1. The molecule has 0 aromatic carbocycles. The van der Waals surface area contributed by atoms with E-state index in [1.54, 1.807) is 0 Å². The highest BCUT2D eigenvalue weighted by Gasteiger charge is 2.13. The van der Waals surface area contributed by atoms with Gasteiger partial charge in [0.05, 0.1) is 0 Å². The van der Waals surface area contributed by atoms with Gasteiger partial charge in [-0.05, 0) is 52.4 Å². The highest BCUT2D eigenvalue weighted by atomic mass is 32.2. The minimum atomic E-state index is -3.48. The zero-order valence-corrected chi connectivity index (χ0v) is 13.2. The second kappa shape index (κ2) is 7.56. The van der Waals surface area contributed by atoms with E-state index in [4.69, 9.17) is 5.73 Å². The number of nitrogens with two attached hydrogens (primary N) is 1. The van der Waals surface area contributed by atoms with Crippen molar-refractivity contribution in [3.8, 4) is 0 Å². The predicted molar refractivity (Wildman–Crippen MR) is 80.8 cm³/mol. The van der Waals surface area contributed by atoms with Crippen LogP contribution in [0.3, 0.4) is 0 Å². The Hall–Kier alpha value is -1.18. The van der Waals surface area contributed by atoms with Crippen molar-refractivity contribution in [3.63, 3.8) is 0 Å². The monoisotopic (exact) mass is 300 g/mol. The molecule has 0 radical (unpaired) electrons. The fourth-order valence-corrected chi connectivity index (χ4v) is 2.60. The van der Waals surface area contributed by atoms with Gasteiger partial charge in [-0.3, -0.25) is 0 Å². The van der Waals surface area contributed by atoms with Crippen LogP contribution in [0, 0.1) is 0 Å². The van der Waals surface area contributed by atoms with Crippen LogP contribution in [-0.4, -0.2) is 44.5 Å². The smallest absolute Gasteiger partial charge is 0.242 e. The van der Waals surface area contributed by atoms with Gasteiger partial charge in [0.25, 0.3) is 0 Å². The molecule has 0 spiro atoms. The first kappa shape index (κ1) is 16.9. The summed E-state index contributed by atoms with van der Waals surface area (Å²) in [6, 6.07) is 3.44. The molecule has 1 aromatic heterocycles. The number of nitrogens with zero attached hydrogens (tertiary/aromatic N) is 2. The van der Waals surface area contributed by atoms with Crippen LogP contribution in [0.5, 0.6) is 0 Å². The minimum Gasteiger partial charge on any atom is -0.384 e. The Morgan fingerprint density at radius 1 is 1.35 bits per heavy atom. The van der Waals surface area contributed by atoms with Gasteiger partial charge in [-0.1, -0.05) is 0 Å². The van der Waals surface area contributed by atoms with E-state index in [0.717, 1.165) is 19.4 Å². The zero-order valence-electron chi connectivity index (χ0n) is 12.3. The van der Waals surface area contributed by atoms with E-state index >= 15 is 0 Å². The molecule has 114 valence electrons. The molecule has 0 saturated heterocycles. The lowest BCUT2D eigenvalue weighted by molar-refractivity contribution is 0.268. The van der Waals surface area contributed by atoms with E-state index in [2.05, 4.69) is 35.5 Å². The van der Waals surface area contributed by atoms with Gasteiger partial charge in [0.15, 0.2) is 0 Å². The first-order chi connectivity index (χ1) is 9.33. The quantitative estimate of drug-likeness (QED) is 0.701. The molecule has 1 heterocycles. The third kappa shape index (κ3) is 5.44. The van der Waals surface area contributed by atoms with E-state index in [0.29, 0.717) is 18.4 Å². The summed E-state index contributed by atoms with van der Waals surface area (Å²) in [6.45, 7) is 5.66. The van der Waals surface area contributed by atoms with Crippen molar-refractivity contribution >= 4 is 15.8 Å². The topological polar surface area (TPSA) is 88.3 Å². The zero-order chi connectivity index (χ0) is 15.2. The fourth-order valence-electron chi connectivity index (χ4n) is 1.58. The van der Waals surface area contributed by atoms with Crippen LogP contribution >= 0.6 is 0 Å². The number of pyridine rings is 1. The van der Waals surface area contributed by atoms with Gasteiger partial charge in [0, 0.05) is 18.8 Å². The lowest BCUT2D eigenvalue weighted by Gasteiger charge is -2.20. The summed E-state index contributed by atoms with van der Waals surface area (Å²) >= 11 is 0. The molecule has 3 N–H and O–H groups in total. The van der Waals surface area contributed by atoms with Crippen molar-refractivity contribution in [1.82, 2.24) is 14.6 Å². The second-order valence-corrected chi connectivity index (χ2v) is 6.86. The van der Waals surface area contributed by atoms with Crippen molar-refractivity contribution in [1.29, 1.82) is 0 Å². The predicted octanol–water partition coefficient (Wildman–Crippen LogP) is 1.06. The largest absolute Gasteiger partial charge is 0.384 e. The molecule has 0 saturated carbocycles. The molecule has 0 fully saturated rings. The molecular formula is C13H24N4O2S. The van der Waals surface area contributed by atoms with Gasteiger partial charge in [0.1, 0.15) is 10.7 Å². The fraction of sp³-hybridized carbons (Fsp3) is 0.615. The van der Waals surface area contributed by atoms with Crippen molar-refractivity contribution in [2.75, 3.05) is 25.9 Å². The molecule has 7 heteroatoms. The number of unbranched alkanes of at least 4 members (excludes halogenated alkanes) is 1. The molecular weight excluding hydrogens is 276 g/mol. The average molecular weight is 300 g/mol. The summed E-state index contributed by atoms with van der Waals surface area (Å²) in [7, 11) is -1.41. The van der Waals surface area contributed by atoms with Crippen molar-refractivity contribution < 1.29 is 8.42 Å². The summed E-state index contributed by atoms with van der Waals surface area (Å²) in [4.78, 5) is 6.16. The molecule has 0 aliphatic rings. The van der Waals surface area contributed by atoms with Crippen LogP contribution < -0.4 is 10.5 Å². The first-order valence-corrected chi connectivity index (χ1v) is 8.22. The number of nitrogen functional groups attached to an aromatic ring is 1. The first-order valence-electron chi connectivity index (χ1n) is 6.74. The molecule has 20 heavy (non-hydrogen) atoms. The van der Waals surface area contributed by atoms with Crippen LogP contribution in [0.2, 0.25) is 0 Å². The Morgan fingerprint density at radius 3 is 2.60 bits per heavy atom. The second-order valence-electron chi connectivity index (χ2n) is 5.10. The summed E-state index contributed by atoms with van der Waals surface area (Å²) in [6.07, 6.45) is 3.03. The lowest BCUT2D eigenvalue weighted by atomic mass is 10.2. The number of anilines is 1. The van der Waals surface area contributed by atoms with Crippen LogP contribution in [0.4, 0.5) is 5.82 Å². The Kier molecular flexibility index (Phi) is 6.38. The average Bonchev–Trinajstić information content (AvgIpc) is 2.38. The summed E-state index contributed by atoms with van der Waals surface area (Å²) in [5.41, 5.74) is 5.43. The molecule has 0 bridgehead atoms. The van der Waals surface area contributed by atoms with Crippen molar-refractivity contribution in [2.45, 2.75) is 37.6 Å². The SMILES string of the molecule is CC(C)N(C)CCCCNS(=O)(=O)c1ccc(N)nc1. The highest BCUT2D eigenvalue weighted by molar-refractivity contribution is 7.89. The standard InChI is InChI=1S/C13H24N4O2S/c1-11(2)17(3)9-5-4-8-16-20(18,19)12-6-7-13(14)15-10-12/h6-7,10-11,16H,4-5,8-9H2,1-3H3,(H2,14,15). The molecule has 1 aromatic rings. The maximum Gasteiger partial charge on any atom is 0.242 e. The van der Waals surface area contributed by atoms with E-state index < -0.39 is 10.0 Å². The number of sulfonamides is 1. The molecule has 0 aliphatic carbocycles. The summed E-state index contributed by atoms with van der Waals surface area (Å²) in [5.74, 6) is 0.306. The summed E-state index contributed by atoms with van der Waals surface area (Å²) < 4.78 is 26.5. The van der Waals surface area contributed by atoms with Gasteiger partial charge in [0.2, 0.25) is 10.0 Å². The van der Waals surface area contributed by atoms with E-state index in [1.165, 1.54) is 18.3 Å². The maximum atomic E-state index is 11.9. The van der Waals surface area contributed by atoms with E-state index in [9.17, 15) is 8.42 Å². The third-order valence-electron chi connectivity index (χ3n) is 3.18. The Balaban J connectivity index is 2.36. The van der Waals surface area contributed by atoms with Gasteiger partial charge >= 0.3 is 0 Å². The third-order valence-corrected chi connectivity index (χ3v) is 4.63.